The van der Waals surface area contributed by atoms with E-state index in [2.05, 4.69) is 0 Å². The molecule has 0 saturated heterocycles. The Morgan fingerprint density at radius 2 is 0.812 bits per heavy atom. The molecule has 0 aliphatic carbocycles. The molecule has 0 heterocycles. The summed E-state index contributed by atoms with van der Waals surface area (Å²) < 4.78 is 27.4. The van der Waals surface area contributed by atoms with Crippen molar-refractivity contribution in [2.45, 2.75) is 39.9 Å². The molecule has 0 spiro atoms. The fourth-order valence-electron chi connectivity index (χ4n) is 2.14. The third-order valence-electron chi connectivity index (χ3n) is 3.37. The summed E-state index contributed by atoms with van der Waals surface area (Å²) in [5.41, 5.74) is 0. The molecule has 8 heteroatoms. The highest BCUT2D eigenvalue weighted by Crippen LogP contribution is 2.42. The first kappa shape index (κ1) is 26.1. The molecule has 1 N–H and O–H groups in total. The van der Waals surface area contributed by atoms with Crippen molar-refractivity contribution in [2.24, 2.45) is 0 Å². The first-order valence-electron chi connectivity index (χ1n) is 10.2. The predicted octanol–water partition coefficient (Wildman–Crippen LogP) is 7.51. The molecule has 0 unspecified atom stereocenters. The highest BCUT2D eigenvalue weighted by Gasteiger charge is 2.19. The minimum Gasteiger partial charge on any atom is -0.409 e. The van der Waals surface area contributed by atoms with Crippen molar-refractivity contribution in [2.75, 3.05) is 0 Å². The standard InChI is InChI=1S/C18H15O3P.C6H15O3P/c1-4-10-16(11-5-1)19-22(20-17-12-6-2-7-13-17)21-18-14-8-3-9-15-18;1-5(2)8-10(7)9-6(3)4/h1-15H;5-7H,1-4H3. The summed E-state index contributed by atoms with van der Waals surface area (Å²) in [6.45, 7) is 7.43. The van der Waals surface area contributed by atoms with E-state index in [0.717, 1.165) is 0 Å². The van der Waals surface area contributed by atoms with Crippen molar-refractivity contribution in [1.29, 1.82) is 0 Å². The molecule has 3 aromatic carbocycles. The summed E-state index contributed by atoms with van der Waals surface area (Å²) in [7, 11) is -3.25. The van der Waals surface area contributed by atoms with Crippen LogP contribution in [0.15, 0.2) is 91.0 Å². The topological polar surface area (TPSA) is 66.4 Å². The van der Waals surface area contributed by atoms with Crippen LogP contribution in [0, 0.1) is 0 Å². The Hall–Kier alpha value is -2.20. The summed E-state index contributed by atoms with van der Waals surface area (Å²) in [6.07, 6.45) is 0.0460. The van der Waals surface area contributed by atoms with Crippen LogP contribution in [0.5, 0.6) is 17.2 Å². The van der Waals surface area contributed by atoms with Crippen LogP contribution < -0.4 is 13.6 Å². The van der Waals surface area contributed by atoms with Crippen LogP contribution in [0.3, 0.4) is 0 Å². The maximum Gasteiger partial charge on any atom is 0.530 e. The van der Waals surface area contributed by atoms with E-state index in [4.69, 9.17) is 27.5 Å². The number of benzene rings is 3. The Morgan fingerprint density at radius 1 is 0.531 bits per heavy atom. The number of hydrogen-bond acceptors (Lipinski definition) is 6. The van der Waals surface area contributed by atoms with Gasteiger partial charge in [0.2, 0.25) is 0 Å². The van der Waals surface area contributed by atoms with Gasteiger partial charge < -0.3 is 27.5 Å². The van der Waals surface area contributed by atoms with Gasteiger partial charge in [0.15, 0.2) is 0 Å². The van der Waals surface area contributed by atoms with Crippen LogP contribution in [-0.2, 0) is 9.05 Å². The zero-order chi connectivity index (χ0) is 23.2. The quantitative estimate of drug-likeness (QED) is 0.306. The zero-order valence-electron chi connectivity index (χ0n) is 18.7. The molecular formula is C24H30O6P2. The monoisotopic (exact) mass is 476 g/mol. The maximum atomic E-state index is 9.01. The molecule has 0 aliphatic heterocycles. The Morgan fingerprint density at radius 3 is 1.06 bits per heavy atom. The van der Waals surface area contributed by atoms with Gasteiger partial charge in [-0.1, -0.05) is 54.6 Å². The lowest BCUT2D eigenvalue weighted by atomic mass is 10.3. The van der Waals surface area contributed by atoms with Crippen LogP contribution in [-0.4, -0.2) is 17.1 Å². The average molecular weight is 476 g/mol. The molecule has 0 amide bonds. The number of hydrogen-bond donors (Lipinski definition) is 1. The van der Waals surface area contributed by atoms with Crippen LogP contribution >= 0.6 is 17.2 Å². The Labute approximate surface area is 193 Å². The lowest BCUT2D eigenvalue weighted by Gasteiger charge is -2.17. The molecule has 32 heavy (non-hydrogen) atoms. The van der Waals surface area contributed by atoms with E-state index in [0.29, 0.717) is 17.2 Å². The summed E-state index contributed by atoms with van der Waals surface area (Å²) in [4.78, 5) is 9.01. The summed E-state index contributed by atoms with van der Waals surface area (Å²) >= 11 is 0. The zero-order valence-corrected chi connectivity index (χ0v) is 20.5. The van der Waals surface area contributed by atoms with E-state index in [1.807, 2.05) is 119 Å². The van der Waals surface area contributed by atoms with E-state index in [-0.39, 0.29) is 12.2 Å². The van der Waals surface area contributed by atoms with Gasteiger partial charge in [0, 0.05) is 0 Å². The molecule has 3 aromatic rings. The SMILES string of the molecule is CC(C)OP(O)OC(C)C.c1ccc(OP(Oc2ccccc2)Oc2ccccc2)cc1. The summed E-state index contributed by atoms with van der Waals surface area (Å²) in [5.74, 6) is 2.13. The van der Waals surface area contributed by atoms with E-state index in [1.165, 1.54) is 0 Å². The smallest absolute Gasteiger partial charge is 0.409 e. The van der Waals surface area contributed by atoms with Gasteiger partial charge in [-0.2, -0.15) is 0 Å². The second kappa shape index (κ2) is 14.8. The van der Waals surface area contributed by atoms with Crippen molar-refractivity contribution in [3.05, 3.63) is 91.0 Å². The molecule has 0 saturated carbocycles. The van der Waals surface area contributed by atoms with Crippen molar-refractivity contribution in [3.63, 3.8) is 0 Å². The highest BCUT2D eigenvalue weighted by atomic mass is 31.2. The Balaban J connectivity index is 0.000000309. The molecule has 0 fully saturated rings. The van der Waals surface area contributed by atoms with Gasteiger partial charge in [-0.25, -0.2) is 0 Å². The second-order valence-electron chi connectivity index (χ2n) is 6.98. The minimum absolute atomic E-state index is 0.0230. The summed E-state index contributed by atoms with van der Waals surface area (Å²) in [5, 5.41) is 0. The molecule has 0 atom stereocenters. The Kier molecular flexibility index (Phi) is 12.0. The van der Waals surface area contributed by atoms with Gasteiger partial charge in [-0.15, -0.1) is 0 Å². The first-order chi connectivity index (χ1) is 15.4. The average Bonchev–Trinajstić information content (AvgIpc) is 2.75. The molecule has 3 rings (SSSR count). The van der Waals surface area contributed by atoms with Crippen molar-refractivity contribution in [1.82, 2.24) is 0 Å². The fraction of sp³-hybridized carbons (Fsp3) is 0.250. The molecular weight excluding hydrogens is 446 g/mol. The molecule has 0 radical (unpaired) electrons. The van der Waals surface area contributed by atoms with Gasteiger partial charge in [0.25, 0.3) is 0 Å². The van der Waals surface area contributed by atoms with Gasteiger partial charge in [-0.3, -0.25) is 0 Å². The Bertz CT molecular complexity index is 741. The van der Waals surface area contributed by atoms with E-state index >= 15 is 0 Å². The van der Waals surface area contributed by atoms with E-state index in [1.54, 1.807) is 0 Å². The number of para-hydroxylation sites is 3. The number of rotatable bonds is 10. The molecule has 0 bridgehead atoms. The van der Waals surface area contributed by atoms with Crippen LogP contribution in [0.1, 0.15) is 27.7 Å². The van der Waals surface area contributed by atoms with Crippen LogP contribution in [0.4, 0.5) is 0 Å². The third-order valence-corrected chi connectivity index (χ3v) is 5.66. The fourth-order valence-corrected chi connectivity index (χ4v) is 3.91. The predicted molar refractivity (Wildman–Crippen MR) is 130 cm³/mol. The molecule has 0 aliphatic rings. The van der Waals surface area contributed by atoms with Crippen LogP contribution in [0.25, 0.3) is 0 Å². The van der Waals surface area contributed by atoms with Gasteiger partial charge in [0.1, 0.15) is 17.2 Å². The van der Waals surface area contributed by atoms with E-state index in [9.17, 15) is 0 Å². The van der Waals surface area contributed by atoms with Crippen molar-refractivity contribution >= 4 is 17.2 Å². The van der Waals surface area contributed by atoms with Gasteiger partial charge in [0.05, 0.1) is 12.2 Å². The summed E-state index contributed by atoms with van der Waals surface area (Å²) in [6, 6.07) is 28.5. The molecule has 0 aromatic heterocycles. The van der Waals surface area contributed by atoms with Crippen LogP contribution in [0.2, 0.25) is 0 Å². The van der Waals surface area contributed by atoms with Gasteiger partial charge >= 0.3 is 17.2 Å². The normalized spacial score (nSPS) is 10.8. The third kappa shape index (κ3) is 11.4. The lowest BCUT2D eigenvalue weighted by molar-refractivity contribution is 0.139. The largest absolute Gasteiger partial charge is 0.530 e. The molecule has 6 nitrogen and oxygen atoms in total. The second-order valence-corrected chi connectivity index (χ2v) is 8.88. The first-order valence-corrected chi connectivity index (χ1v) is 12.5. The lowest BCUT2D eigenvalue weighted by Crippen LogP contribution is -2.03. The van der Waals surface area contributed by atoms with Crippen molar-refractivity contribution in [3.8, 4) is 17.2 Å². The van der Waals surface area contributed by atoms with Crippen molar-refractivity contribution < 1.29 is 27.5 Å². The highest BCUT2D eigenvalue weighted by molar-refractivity contribution is 7.43. The van der Waals surface area contributed by atoms with Gasteiger partial charge in [-0.05, 0) is 64.1 Å². The van der Waals surface area contributed by atoms with E-state index < -0.39 is 17.2 Å². The maximum absolute atomic E-state index is 9.01. The molecule has 172 valence electrons. The minimum atomic E-state index is -1.66.